The van der Waals surface area contributed by atoms with Gasteiger partial charge in [0.05, 0.1) is 5.54 Å². The fraction of sp³-hybridized carbons (Fsp3) is 0.727. The smallest absolute Gasteiger partial charge is 0.241 e. The number of nitrogens with zero attached hydrogens (tertiary/aromatic N) is 2. The van der Waals surface area contributed by atoms with Crippen molar-refractivity contribution in [2.24, 2.45) is 5.73 Å². The Hall–Kier alpha value is -0.870. The molecule has 1 heterocycles. The van der Waals surface area contributed by atoms with E-state index in [1.165, 1.54) is 0 Å². The zero-order valence-electron chi connectivity index (χ0n) is 9.86. The van der Waals surface area contributed by atoms with Crippen LogP contribution in [0.5, 0.6) is 0 Å². The molecule has 0 aromatic carbocycles. The zero-order chi connectivity index (χ0) is 11.6. The molecule has 0 radical (unpaired) electrons. The fourth-order valence-corrected chi connectivity index (χ4v) is 2.22. The Kier molecular flexibility index (Phi) is 3.52. The second-order valence-corrected chi connectivity index (χ2v) is 4.72. The first-order valence-electron chi connectivity index (χ1n) is 5.26. The first-order valence-corrected chi connectivity index (χ1v) is 5.26. The molecule has 2 N–H and O–H groups in total. The molecule has 4 nitrogen and oxygen atoms in total. The van der Waals surface area contributed by atoms with Crippen LogP contribution in [0.15, 0.2) is 12.7 Å². The van der Waals surface area contributed by atoms with Crippen LogP contribution < -0.4 is 5.73 Å². The minimum absolute atomic E-state index is 0.108. The summed E-state index contributed by atoms with van der Waals surface area (Å²) in [4.78, 5) is 16.0. The highest BCUT2D eigenvalue weighted by Crippen LogP contribution is 2.23. The first-order chi connectivity index (χ1) is 6.94. The third-order valence-corrected chi connectivity index (χ3v) is 2.99. The summed E-state index contributed by atoms with van der Waals surface area (Å²) in [5.74, 6) is 0.108. The lowest BCUT2D eigenvalue weighted by Gasteiger charge is -2.49. The van der Waals surface area contributed by atoms with Gasteiger partial charge in [0.2, 0.25) is 5.91 Å². The normalized spacial score (nSPS) is 26.8. The summed E-state index contributed by atoms with van der Waals surface area (Å²) in [6, 6.07) is -0.182. The van der Waals surface area contributed by atoms with Crippen LogP contribution in [-0.2, 0) is 4.79 Å². The number of carbonyl (C=O) groups excluding carboxylic acids is 1. The quantitative estimate of drug-likeness (QED) is 0.671. The van der Waals surface area contributed by atoms with Crippen molar-refractivity contribution < 1.29 is 4.79 Å². The standard InChI is InChI=1S/C11H21N3O/c1-5-6-14-10(15)9(7-12)13(4)8-11(14,2)3/h5,9H,1,6-8,12H2,2-4H3. The Labute approximate surface area is 91.7 Å². The van der Waals surface area contributed by atoms with Crippen LogP contribution in [0.25, 0.3) is 0 Å². The molecule has 1 fully saturated rings. The highest BCUT2D eigenvalue weighted by molar-refractivity contribution is 5.84. The molecular formula is C11H21N3O. The van der Waals surface area contributed by atoms with Gasteiger partial charge in [0, 0.05) is 19.6 Å². The van der Waals surface area contributed by atoms with Gasteiger partial charge in [0.25, 0.3) is 0 Å². The summed E-state index contributed by atoms with van der Waals surface area (Å²) in [5.41, 5.74) is 5.47. The number of carbonyl (C=O) groups is 1. The molecule has 0 aromatic rings. The Morgan fingerprint density at radius 1 is 1.67 bits per heavy atom. The summed E-state index contributed by atoms with van der Waals surface area (Å²) in [6.45, 7) is 9.63. The van der Waals surface area contributed by atoms with Crippen molar-refractivity contribution in [2.45, 2.75) is 25.4 Å². The maximum absolute atomic E-state index is 12.1. The average Bonchev–Trinajstić information content (AvgIpc) is 2.12. The number of hydrogen-bond donors (Lipinski definition) is 1. The van der Waals surface area contributed by atoms with Crippen LogP contribution in [0, 0.1) is 0 Å². The van der Waals surface area contributed by atoms with Crippen LogP contribution in [0.4, 0.5) is 0 Å². The van der Waals surface area contributed by atoms with Gasteiger partial charge >= 0.3 is 0 Å². The van der Waals surface area contributed by atoms with Crippen LogP contribution in [0.3, 0.4) is 0 Å². The lowest BCUT2D eigenvalue weighted by molar-refractivity contribution is -0.148. The molecule has 1 saturated heterocycles. The fourth-order valence-electron chi connectivity index (χ4n) is 2.22. The summed E-state index contributed by atoms with van der Waals surface area (Å²) in [7, 11) is 1.95. The Morgan fingerprint density at radius 3 is 2.73 bits per heavy atom. The van der Waals surface area contributed by atoms with E-state index in [0.717, 1.165) is 6.54 Å². The van der Waals surface area contributed by atoms with Crippen LogP contribution >= 0.6 is 0 Å². The molecule has 0 saturated carbocycles. The lowest BCUT2D eigenvalue weighted by Crippen LogP contribution is -2.66. The predicted molar refractivity (Wildman–Crippen MR) is 61.5 cm³/mol. The third kappa shape index (κ3) is 2.21. The average molecular weight is 211 g/mol. The second-order valence-electron chi connectivity index (χ2n) is 4.72. The van der Waals surface area contributed by atoms with E-state index in [-0.39, 0.29) is 17.5 Å². The summed E-state index contributed by atoms with van der Waals surface area (Å²) >= 11 is 0. The largest absolute Gasteiger partial charge is 0.331 e. The zero-order valence-corrected chi connectivity index (χ0v) is 9.86. The van der Waals surface area contributed by atoms with Crippen molar-refractivity contribution in [1.82, 2.24) is 9.80 Å². The molecule has 1 amide bonds. The molecule has 1 aliphatic heterocycles. The first kappa shape index (κ1) is 12.2. The maximum Gasteiger partial charge on any atom is 0.241 e. The molecule has 0 spiro atoms. The Bertz CT molecular complexity index is 263. The molecule has 0 aliphatic carbocycles. The molecule has 4 heteroatoms. The molecule has 0 bridgehead atoms. The number of amides is 1. The van der Waals surface area contributed by atoms with E-state index in [1.807, 2.05) is 16.8 Å². The second kappa shape index (κ2) is 4.33. The minimum atomic E-state index is -0.182. The topological polar surface area (TPSA) is 49.6 Å². The lowest BCUT2D eigenvalue weighted by atomic mass is 9.95. The minimum Gasteiger partial charge on any atom is -0.331 e. The highest BCUT2D eigenvalue weighted by Gasteiger charge is 2.41. The van der Waals surface area contributed by atoms with Gasteiger partial charge in [-0.3, -0.25) is 9.69 Å². The van der Waals surface area contributed by atoms with E-state index >= 15 is 0 Å². The van der Waals surface area contributed by atoms with Gasteiger partial charge in [0.15, 0.2) is 0 Å². The monoisotopic (exact) mass is 211 g/mol. The SMILES string of the molecule is C=CCN1C(=O)C(CN)N(C)CC1(C)C. The molecule has 0 aromatic heterocycles. The summed E-state index contributed by atoms with van der Waals surface area (Å²) < 4.78 is 0. The van der Waals surface area contributed by atoms with E-state index in [0.29, 0.717) is 13.1 Å². The van der Waals surface area contributed by atoms with Gasteiger partial charge in [-0.05, 0) is 20.9 Å². The van der Waals surface area contributed by atoms with Gasteiger partial charge in [0.1, 0.15) is 6.04 Å². The molecular weight excluding hydrogens is 190 g/mol. The van der Waals surface area contributed by atoms with Crippen molar-refractivity contribution in [3.8, 4) is 0 Å². The van der Waals surface area contributed by atoms with Crippen LogP contribution in [0.1, 0.15) is 13.8 Å². The van der Waals surface area contributed by atoms with Gasteiger partial charge in [-0.2, -0.15) is 0 Å². The van der Waals surface area contributed by atoms with Crippen molar-refractivity contribution >= 4 is 5.91 Å². The van der Waals surface area contributed by atoms with Gasteiger partial charge in [-0.15, -0.1) is 6.58 Å². The van der Waals surface area contributed by atoms with E-state index in [1.54, 1.807) is 6.08 Å². The molecule has 1 rings (SSSR count). The number of piperazine rings is 1. The van der Waals surface area contributed by atoms with Crippen molar-refractivity contribution in [3.63, 3.8) is 0 Å². The number of nitrogens with two attached hydrogens (primary N) is 1. The van der Waals surface area contributed by atoms with Gasteiger partial charge in [-0.25, -0.2) is 0 Å². The highest BCUT2D eigenvalue weighted by atomic mass is 16.2. The molecule has 1 unspecified atom stereocenters. The number of rotatable bonds is 3. The predicted octanol–water partition coefficient (Wildman–Crippen LogP) is 0.0523. The summed E-state index contributed by atoms with van der Waals surface area (Å²) in [5, 5.41) is 0. The molecule has 1 aliphatic rings. The maximum atomic E-state index is 12.1. The van der Waals surface area contributed by atoms with Crippen molar-refractivity contribution in [2.75, 3.05) is 26.7 Å². The van der Waals surface area contributed by atoms with E-state index in [2.05, 4.69) is 20.4 Å². The van der Waals surface area contributed by atoms with E-state index in [4.69, 9.17) is 5.73 Å². The van der Waals surface area contributed by atoms with E-state index < -0.39 is 0 Å². The number of hydrogen-bond acceptors (Lipinski definition) is 3. The summed E-state index contributed by atoms with van der Waals surface area (Å²) in [6.07, 6.45) is 1.76. The molecule has 15 heavy (non-hydrogen) atoms. The van der Waals surface area contributed by atoms with Gasteiger partial charge in [-0.1, -0.05) is 6.08 Å². The van der Waals surface area contributed by atoms with Crippen LogP contribution in [0.2, 0.25) is 0 Å². The van der Waals surface area contributed by atoms with Crippen LogP contribution in [-0.4, -0.2) is 54.0 Å². The molecule has 86 valence electrons. The van der Waals surface area contributed by atoms with Crippen molar-refractivity contribution in [3.05, 3.63) is 12.7 Å². The number of likely N-dealkylation sites (N-methyl/N-ethyl adjacent to an activating group) is 1. The Balaban J connectivity index is 2.92. The van der Waals surface area contributed by atoms with E-state index in [9.17, 15) is 4.79 Å². The van der Waals surface area contributed by atoms with Gasteiger partial charge < -0.3 is 10.6 Å². The molecule has 1 atom stereocenters. The van der Waals surface area contributed by atoms with Crippen molar-refractivity contribution in [1.29, 1.82) is 0 Å². The Morgan fingerprint density at radius 2 is 2.27 bits per heavy atom. The third-order valence-electron chi connectivity index (χ3n) is 2.99.